The smallest absolute Gasteiger partial charge is 0.0704 e. The van der Waals surface area contributed by atoms with Crippen LogP contribution < -0.4 is 0 Å². The van der Waals surface area contributed by atoms with Crippen molar-refractivity contribution < 1.29 is 0 Å². The fourth-order valence-corrected chi connectivity index (χ4v) is 2.28. The van der Waals surface area contributed by atoms with Crippen molar-refractivity contribution in [2.24, 2.45) is 0 Å². The summed E-state index contributed by atoms with van der Waals surface area (Å²) in [6, 6.07) is 23.0. The molecule has 0 radical (unpaired) electrons. The maximum absolute atomic E-state index is 4.41. The molecule has 92 valence electrons. The molecule has 0 unspecified atom stereocenters. The Morgan fingerprint density at radius 1 is 0.737 bits per heavy atom. The van der Waals surface area contributed by atoms with E-state index in [1.54, 1.807) is 0 Å². The molecule has 1 heterocycles. The highest BCUT2D eigenvalue weighted by molar-refractivity contribution is 5.71. The van der Waals surface area contributed by atoms with Crippen LogP contribution in [0.4, 0.5) is 0 Å². The molecule has 3 aromatic rings. The molecule has 0 fully saturated rings. The zero-order valence-corrected chi connectivity index (χ0v) is 10.9. The largest absolute Gasteiger partial charge is 0.256 e. The van der Waals surface area contributed by atoms with E-state index in [9.17, 15) is 0 Å². The summed E-state index contributed by atoms with van der Waals surface area (Å²) >= 11 is 0. The number of hydrogen-bond acceptors (Lipinski definition) is 1. The summed E-state index contributed by atoms with van der Waals surface area (Å²) in [7, 11) is 0. The first-order chi connectivity index (χ1) is 9.34. The van der Waals surface area contributed by atoms with Crippen LogP contribution >= 0.6 is 0 Å². The molecule has 3 rings (SSSR count). The molecular weight excluding hydrogens is 230 g/mol. The summed E-state index contributed by atoms with van der Waals surface area (Å²) in [6.45, 7) is 2.14. The number of nitrogens with zero attached hydrogens (tertiary/aromatic N) is 1. The van der Waals surface area contributed by atoms with Gasteiger partial charge >= 0.3 is 0 Å². The topological polar surface area (TPSA) is 12.9 Å². The molecule has 0 saturated heterocycles. The summed E-state index contributed by atoms with van der Waals surface area (Å²) in [5.41, 5.74) is 5.97. The minimum atomic E-state index is 1.03. The van der Waals surface area contributed by atoms with Gasteiger partial charge < -0.3 is 0 Å². The maximum atomic E-state index is 4.41. The van der Waals surface area contributed by atoms with Crippen LogP contribution in [-0.2, 0) is 0 Å². The SMILES string of the molecule is Cc1cc(-c2ccccc2)ccc1-c1ccccn1. The number of hydrogen-bond donors (Lipinski definition) is 0. The van der Waals surface area contributed by atoms with Gasteiger partial charge in [0, 0.05) is 11.8 Å². The summed E-state index contributed by atoms with van der Waals surface area (Å²) in [6.07, 6.45) is 1.83. The molecule has 0 saturated carbocycles. The van der Waals surface area contributed by atoms with Gasteiger partial charge in [0.2, 0.25) is 0 Å². The Hall–Kier alpha value is -2.41. The number of aromatic nitrogens is 1. The van der Waals surface area contributed by atoms with E-state index in [2.05, 4.69) is 54.4 Å². The predicted molar refractivity (Wildman–Crippen MR) is 79.8 cm³/mol. The van der Waals surface area contributed by atoms with Crippen LogP contribution in [0.5, 0.6) is 0 Å². The Kier molecular flexibility index (Phi) is 3.11. The summed E-state index contributed by atoms with van der Waals surface area (Å²) in [4.78, 5) is 4.41. The van der Waals surface area contributed by atoms with Crippen LogP contribution in [0, 0.1) is 6.92 Å². The molecule has 0 atom stereocenters. The van der Waals surface area contributed by atoms with Crippen molar-refractivity contribution in [3.63, 3.8) is 0 Å². The van der Waals surface area contributed by atoms with Crippen LogP contribution in [-0.4, -0.2) is 4.98 Å². The highest BCUT2D eigenvalue weighted by Gasteiger charge is 2.04. The number of pyridine rings is 1. The predicted octanol–water partition coefficient (Wildman–Crippen LogP) is 4.72. The fourth-order valence-electron chi connectivity index (χ4n) is 2.28. The van der Waals surface area contributed by atoms with E-state index < -0.39 is 0 Å². The summed E-state index contributed by atoms with van der Waals surface area (Å²) in [5.74, 6) is 0. The third kappa shape index (κ3) is 2.41. The van der Waals surface area contributed by atoms with Crippen molar-refractivity contribution in [2.45, 2.75) is 6.92 Å². The molecule has 0 spiro atoms. The van der Waals surface area contributed by atoms with Crippen molar-refractivity contribution in [3.05, 3.63) is 78.5 Å². The molecule has 2 aromatic carbocycles. The zero-order valence-electron chi connectivity index (χ0n) is 10.9. The zero-order chi connectivity index (χ0) is 13.1. The second-order valence-corrected chi connectivity index (χ2v) is 4.61. The number of benzene rings is 2. The lowest BCUT2D eigenvalue weighted by Gasteiger charge is -2.08. The van der Waals surface area contributed by atoms with Gasteiger partial charge in [-0.2, -0.15) is 0 Å². The standard InChI is InChI=1S/C18H15N/c1-14-13-16(15-7-3-2-4-8-15)10-11-17(14)18-9-5-6-12-19-18/h2-13H,1H3. The minimum Gasteiger partial charge on any atom is -0.256 e. The molecule has 0 N–H and O–H groups in total. The molecule has 0 amide bonds. The summed E-state index contributed by atoms with van der Waals surface area (Å²) in [5, 5.41) is 0. The van der Waals surface area contributed by atoms with Crippen LogP contribution in [0.1, 0.15) is 5.56 Å². The van der Waals surface area contributed by atoms with E-state index in [0.29, 0.717) is 0 Å². The average Bonchev–Trinajstić information content (AvgIpc) is 2.49. The lowest BCUT2D eigenvalue weighted by Crippen LogP contribution is -1.87. The van der Waals surface area contributed by atoms with Crippen LogP contribution in [0.3, 0.4) is 0 Å². The van der Waals surface area contributed by atoms with E-state index in [0.717, 1.165) is 5.69 Å². The molecule has 1 aromatic heterocycles. The van der Waals surface area contributed by atoms with E-state index >= 15 is 0 Å². The Labute approximate surface area is 113 Å². The molecular formula is C18H15N. The molecule has 1 nitrogen and oxygen atoms in total. The summed E-state index contributed by atoms with van der Waals surface area (Å²) < 4.78 is 0. The van der Waals surface area contributed by atoms with Gasteiger partial charge in [-0.1, -0.05) is 54.6 Å². The van der Waals surface area contributed by atoms with Gasteiger partial charge in [-0.05, 0) is 35.7 Å². The van der Waals surface area contributed by atoms with Gasteiger partial charge in [-0.15, -0.1) is 0 Å². The number of rotatable bonds is 2. The van der Waals surface area contributed by atoms with E-state index in [1.165, 1.54) is 22.3 Å². The van der Waals surface area contributed by atoms with Gasteiger partial charge in [0.15, 0.2) is 0 Å². The second-order valence-electron chi connectivity index (χ2n) is 4.61. The van der Waals surface area contributed by atoms with E-state index in [1.807, 2.05) is 30.5 Å². The third-order valence-electron chi connectivity index (χ3n) is 3.27. The van der Waals surface area contributed by atoms with Crippen LogP contribution in [0.15, 0.2) is 72.9 Å². The highest BCUT2D eigenvalue weighted by atomic mass is 14.7. The van der Waals surface area contributed by atoms with Gasteiger partial charge in [0.05, 0.1) is 5.69 Å². The lowest BCUT2D eigenvalue weighted by atomic mass is 9.98. The van der Waals surface area contributed by atoms with Gasteiger partial charge in [0.1, 0.15) is 0 Å². The second kappa shape index (κ2) is 5.07. The van der Waals surface area contributed by atoms with Crippen molar-refractivity contribution in [1.82, 2.24) is 4.98 Å². The molecule has 19 heavy (non-hydrogen) atoms. The Balaban J connectivity index is 2.04. The van der Waals surface area contributed by atoms with Gasteiger partial charge in [0.25, 0.3) is 0 Å². The Morgan fingerprint density at radius 3 is 2.21 bits per heavy atom. The first-order valence-electron chi connectivity index (χ1n) is 6.42. The van der Waals surface area contributed by atoms with Crippen LogP contribution in [0.2, 0.25) is 0 Å². The Morgan fingerprint density at radius 2 is 1.53 bits per heavy atom. The first-order valence-corrected chi connectivity index (χ1v) is 6.42. The minimum absolute atomic E-state index is 1.03. The molecule has 0 aliphatic heterocycles. The number of aryl methyl sites for hydroxylation is 1. The molecule has 1 heteroatoms. The first kappa shape index (κ1) is 11.7. The molecule has 0 aliphatic carbocycles. The molecule has 0 aliphatic rings. The molecule has 0 bridgehead atoms. The monoisotopic (exact) mass is 245 g/mol. The van der Waals surface area contributed by atoms with E-state index in [4.69, 9.17) is 0 Å². The van der Waals surface area contributed by atoms with Crippen molar-refractivity contribution in [2.75, 3.05) is 0 Å². The maximum Gasteiger partial charge on any atom is 0.0704 e. The van der Waals surface area contributed by atoms with E-state index in [-0.39, 0.29) is 0 Å². The van der Waals surface area contributed by atoms with Gasteiger partial charge in [-0.25, -0.2) is 0 Å². The van der Waals surface area contributed by atoms with Crippen molar-refractivity contribution in [3.8, 4) is 22.4 Å². The lowest BCUT2D eigenvalue weighted by molar-refractivity contribution is 1.31. The normalized spacial score (nSPS) is 10.4. The van der Waals surface area contributed by atoms with Crippen molar-refractivity contribution in [1.29, 1.82) is 0 Å². The fraction of sp³-hybridized carbons (Fsp3) is 0.0556. The quantitative estimate of drug-likeness (QED) is 0.636. The van der Waals surface area contributed by atoms with Crippen molar-refractivity contribution >= 4 is 0 Å². The average molecular weight is 245 g/mol. The Bertz CT molecular complexity index is 673. The highest BCUT2D eigenvalue weighted by Crippen LogP contribution is 2.27. The van der Waals surface area contributed by atoms with Gasteiger partial charge in [-0.3, -0.25) is 4.98 Å². The third-order valence-corrected chi connectivity index (χ3v) is 3.27. The van der Waals surface area contributed by atoms with Crippen LogP contribution in [0.25, 0.3) is 22.4 Å².